The fourth-order valence-corrected chi connectivity index (χ4v) is 3.08. The summed E-state index contributed by atoms with van der Waals surface area (Å²) in [7, 11) is 0. The molecule has 0 bridgehead atoms. The Morgan fingerprint density at radius 1 is 1.44 bits per heavy atom. The van der Waals surface area contributed by atoms with Crippen molar-refractivity contribution in [2.75, 3.05) is 32.8 Å². The second-order valence-corrected chi connectivity index (χ2v) is 5.84. The highest BCUT2D eigenvalue weighted by Crippen LogP contribution is 2.31. The molecule has 6 heteroatoms. The molecule has 0 spiro atoms. The third-order valence-electron chi connectivity index (χ3n) is 2.43. The Morgan fingerprint density at radius 3 is 2.69 bits per heavy atom. The van der Waals surface area contributed by atoms with Crippen molar-refractivity contribution in [1.29, 1.82) is 0 Å². The zero-order valence-electron chi connectivity index (χ0n) is 8.54. The van der Waals surface area contributed by atoms with Gasteiger partial charge < -0.3 is 4.74 Å². The Morgan fingerprint density at radius 2 is 2.12 bits per heavy atom. The van der Waals surface area contributed by atoms with E-state index in [4.69, 9.17) is 27.9 Å². The van der Waals surface area contributed by atoms with Gasteiger partial charge in [-0.25, -0.2) is 0 Å². The lowest BCUT2D eigenvalue weighted by atomic mass is 10.2. The highest BCUT2D eigenvalue weighted by Gasteiger charge is 2.19. The van der Waals surface area contributed by atoms with E-state index < -0.39 is 0 Å². The van der Waals surface area contributed by atoms with Gasteiger partial charge in [-0.2, -0.15) is 0 Å². The Balaban J connectivity index is 1.99. The number of carbonyl (C=O) groups is 1. The Kier molecular flexibility index (Phi) is 4.21. The maximum Gasteiger partial charge on any atom is 0.179 e. The van der Waals surface area contributed by atoms with Crippen LogP contribution in [0.15, 0.2) is 6.07 Å². The maximum atomic E-state index is 11.9. The first kappa shape index (κ1) is 12.3. The van der Waals surface area contributed by atoms with Crippen LogP contribution in [0.1, 0.15) is 10.4 Å². The number of carbonyl (C=O) groups excluding carboxylic acids is 1. The van der Waals surface area contributed by atoms with Crippen LogP contribution < -0.4 is 0 Å². The second-order valence-electron chi connectivity index (χ2n) is 3.55. The van der Waals surface area contributed by atoms with Gasteiger partial charge in [-0.1, -0.05) is 23.2 Å². The van der Waals surface area contributed by atoms with Crippen molar-refractivity contribution in [3.8, 4) is 0 Å². The van der Waals surface area contributed by atoms with Gasteiger partial charge in [0.2, 0.25) is 0 Å². The monoisotopic (exact) mass is 279 g/mol. The SMILES string of the molecule is O=C(CN1CCOCC1)c1cc(Cl)sc1Cl. The number of hydrogen-bond acceptors (Lipinski definition) is 4. The van der Waals surface area contributed by atoms with Gasteiger partial charge in [-0.05, 0) is 6.07 Å². The standard InChI is InChI=1S/C10H11Cl2NO2S/c11-9-5-7(10(12)16-9)8(14)6-13-1-3-15-4-2-13/h5H,1-4,6H2. The first-order valence-corrected chi connectivity index (χ1v) is 6.52. The number of nitrogens with zero attached hydrogens (tertiary/aromatic N) is 1. The minimum absolute atomic E-state index is 0.0232. The van der Waals surface area contributed by atoms with Gasteiger partial charge in [0.05, 0.1) is 29.7 Å². The summed E-state index contributed by atoms with van der Waals surface area (Å²) in [5.74, 6) is 0.0232. The minimum Gasteiger partial charge on any atom is -0.379 e. The fourth-order valence-electron chi connectivity index (χ4n) is 1.58. The zero-order chi connectivity index (χ0) is 11.5. The molecule has 1 fully saturated rings. The third-order valence-corrected chi connectivity index (χ3v) is 3.92. The molecular weight excluding hydrogens is 269 g/mol. The van der Waals surface area contributed by atoms with Crippen molar-refractivity contribution in [3.63, 3.8) is 0 Å². The summed E-state index contributed by atoms with van der Waals surface area (Å²) in [5.41, 5.74) is 0.531. The van der Waals surface area contributed by atoms with Crippen LogP contribution in [0, 0.1) is 0 Å². The van der Waals surface area contributed by atoms with Crippen molar-refractivity contribution < 1.29 is 9.53 Å². The predicted octanol–water partition coefficient (Wildman–Crippen LogP) is 2.57. The van der Waals surface area contributed by atoms with Crippen LogP contribution in [-0.4, -0.2) is 43.5 Å². The van der Waals surface area contributed by atoms with Crippen LogP contribution in [-0.2, 0) is 4.74 Å². The lowest BCUT2D eigenvalue weighted by Gasteiger charge is -2.25. The largest absolute Gasteiger partial charge is 0.379 e. The molecule has 1 aromatic rings. The number of hydrogen-bond donors (Lipinski definition) is 0. The molecule has 1 aliphatic heterocycles. The molecule has 0 N–H and O–H groups in total. The van der Waals surface area contributed by atoms with Gasteiger partial charge in [-0.3, -0.25) is 9.69 Å². The molecule has 0 aromatic carbocycles. The van der Waals surface area contributed by atoms with Crippen molar-refractivity contribution in [3.05, 3.63) is 20.3 Å². The molecule has 16 heavy (non-hydrogen) atoms. The molecule has 0 unspecified atom stereocenters. The van der Waals surface area contributed by atoms with Gasteiger partial charge in [0.15, 0.2) is 5.78 Å². The van der Waals surface area contributed by atoms with Gasteiger partial charge in [0.25, 0.3) is 0 Å². The van der Waals surface area contributed by atoms with E-state index >= 15 is 0 Å². The molecule has 2 heterocycles. The number of morpholine rings is 1. The van der Waals surface area contributed by atoms with Crippen LogP contribution in [0.3, 0.4) is 0 Å². The number of ketones is 1. The van der Waals surface area contributed by atoms with Crippen molar-refractivity contribution in [1.82, 2.24) is 4.90 Å². The molecule has 88 valence electrons. The van der Waals surface area contributed by atoms with Crippen molar-refractivity contribution >= 4 is 40.3 Å². The molecule has 1 saturated heterocycles. The normalized spacial score (nSPS) is 17.6. The second kappa shape index (κ2) is 5.47. The van der Waals surface area contributed by atoms with E-state index in [0.717, 1.165) is 13.1 Å². The lowest BCUT2D eigenvalue weighted by Crippen LogP contribution is -2.39. The molecule has 0 saturated carbocycles. The molecule has 0 atom stereocenters. The van der Waals surface area contributed by atoms with Crippen LogP contribution in [0.2, 0.25) is 8.67 Å². The average molecular weight is 280 g/mol. The van der Waals surface area contributed by atoms with E-state index in [0.29, 0.717) is 34.0 Å². The highest BCUT2D eigenvalue weighted by molar-refractivity contribution is 7.20. The first-order chi connectivity index (χ1) is 7.66. The summed E-state index contributed by atoms with van der Waals surface area (Å²) in [6.45, 7) is 3.34. The molecular formula is C10H11Cl2NO2S. The van der Waals surface area contributed by atoms with Gasteiger partial charge in [-0.15, -0.1) is 11.3 Å². The summed E-state index contributed by atoms with van der Waals surface area (Å²) in [6.07, 6.45) is 0. The summed E-state index contributed by atoms with van der Waals surface area (Å²) in [5, 5.41) is 0. The quantitative estimate of drug-likeness (QED) is 0.797. The maximum absolute atomic E-state index is 11.9. The molecule has 0 radical (unpaired) electrons. The summed E-state index contributed by atoms with van der Waals surface area (Å²) in [6, 6.07) is 1.64. The third kappa shape index (κ3) is 2.96. The van der Waals surface area contributed by atoms with Crippen LogP contribution in [0.25, 0.3) is 0 Å². The van der Waals surface area contributed by atoms with Crippen molar-refractivity contribution in [2.24, 2.45) is 0 Å². The van der Waals surface area contributed by atoms with Gasteiger partial charge in [0, 0.05) is 13.1 Å². The van der Waals surface area contributed by atoms with Crippen LogP contribution in [0.5, 0.6) is 0 Å². The molecule has 0 aliphatic carbocycles. The van der Waals surface area contributed by atoms with E-state index in [1.54, 1.807) is 6.07 Å². The Hall–Kier alpha value is -0.130. The smallest absolute Gasteiger partial charge is 0.179 e. The molecule has 2 rings (SSSR count). The number of ether oxygens (including phenoxy) is 1. The summed E-state index contributed by atoms with van der Waals surface area (Å²) in [4.78, 5) is 14.0. The topological polar surface area (TPSA) is 29.5 Å². The molecule has 1 aromatic heterocycles. The van der Waals surface area contributed by atoms with Gasteiger partial charge >= 0.3 is 0 Å². The first-order valence-electron chi connectivity index (χ1n) is 4.95. The van der Waals surface area contributed by atoms with E-state index in [-0.39, 0.29) is 5.78 Å². The zero-order valence-corrected chi connectivity index (χ0v) is 10.9. The number of Topliss-reactive ketones (excluding diaryl/α,β-unsaturated/α-hetero) is 1. The van der Waals surface area contributed by atoms with Gasteiger partial charge in [0.1, 0.15) is 4.34 Å². The minimum atomic E-state index is 0.0232. The van der Waals surface area contributed by atoms with Crippen LogP contribution in [0.4, 0.5) is 0 Å². The predicted molar refractivity (Wildman–Crippen MR) is 65.9 cm³/mol. The lowest BCUT2D eigenvalue weighted by molar-refractivity contribution is 0.0371. The summed E-state index contributed by atoms with van der Waals surface area (Å²) >= 11 is 13.0. The Bertz CT molecular complexity index is 388. The Labute approximate surface area is 108 Å². The number of thiophene rings is 1. The molecule has 0 amide bonds. The number of halogens is 2. The van der Waals surface area contributed by atoms with Crippen LogP contribution >= 0.6 is 34.5 Å². The highest BCUT2D eigenvalue weighted by atomic mass is 35.5. The average Bonchev–Trinajstić information content (AvgIpc) is 2.59. The van der Waals surface area contributed by atoms with E-state index in [9.17, 15) is 4.79 Å². The van der Waals surface area contributed by atoms with E-state index in [2.05, 4.69) is 4.90 Å². The van der Waals surface area contributed by atoms with Crippen molar-refractivity contribution in [2.45, 2.75) is 0 Å². The fraction of sp³-hybridized carbons (Fsp3) is 0.500. The number of rotatable bonds is 3. The molecule has 1 aliphatic rings. The van der Waals surface area contributed by atoms with E-state index in [1.165, 1.54) is 11.3 Å². The van der Waals surface area contributed by atoms with E-state index in [1.807, 2.05) is 0 Å². The molecule has 3 nitrogen and oxygen atoms in total. The summed E-state index contributed by atoms with van der Waals surface area (Å²) < 4.78 is 6.24.